The number of hydrogen-bond donors (Lipinski definition) is 0. The van der Waals surface area contributed by atoms with E-state index in [0.29, 0.717) is 26.1 Å². The van der Waals surface area contributed by atoms with Crippen molar-refractivity contribution in [2.45, 2.75) is 50.9 Å². The minimum absolute atomic E-state index is 0.0350. The minimum Gasteiger partial charge on any atom is -0.497 e. The lowest BCUT2D eigenvalue weighted by molar-refractivity contribution is 0.00773. The number of nitriles is 1. The number of piperazine rings is 1. The van der Waals surface area contributed by atoms with Crippen molar-refractivity contribution in [3.05, 3.63) is 29.8 Å². The molecule has 0 aliphatic carbocycles. The van der Waals surface area contributed by atoms with E-state index in [0.717, 1.165) is 11.3 Å². The van der Waals surface area contributed by atoms with Gasteiger partial charge in [0.15, 0.2) is 0 Å². The zero-order chi connectivity index (χ0) is 18.2. The van der Waals surface area contributed by atoms with Crippen LogP contribution in [0.15, 0.2) is 24.3 Å². The molecule has 0 radical (unpaired) electrons. The van der Waals surface area contributed by atoms with Crippen molar-refractivity contribution in [1.29, 1.82) is 5.26 Å². The number of methoxy groups -OCH3 is 1. The van der Waals surface area contributed by atoms with Crippen LogP contribution in [0.1, 0.15) is 32.8 Å². The van der Waals surface area contributed by atoms with Crippen LogP contribution < -0.4 is 4.74 Å². The molecule has 2 bridgehead atoms. The lowest BCUT2D eigenvalue weighted by Gasteiger charge is -2.38. The fourth-order valence-corrected chi connectivity index (χ4v) is 3.65. The van der Waals surface area contributed by atoms with E-state index >= 15 is 0 Å². The van der Waals surface area contributed by atoms with Crippen LogP contribution in [0.5, 0.6) is 5.75 Å². The third kappa shape index (κ3) is 3.42. The maximum Gasteiger partial charge on any atom is 0.410 e. The van der Waals surface area contributed by atoms with Gasteiger partial charge in [0, 0.05) is 19.5 Å². The lowest BCUT2D eigenvalue weighted by Crippen LogP contribution is -2.55. The molecular formula is C19H25N3O3. The first-order chi connectivity index (χ1) is 11.8. The smallest absolute Gasteiger partial charge is 0.410 e. The molecule has 6 heteroatoms. The summed E-state index contributed by atoms with van der Waals surface area (Å²) < 4.78 is 10.7. The number of fused-ring (bicyclic) bond motifs is 2. The average molecular weight is 343 g/mol. The monoisotopic (exact) mass is 343 g/mol. The van der Waals surface area contributed by atoms with Crippen LogP contribution >= 0.6 is 0 Å². The average Bonchev–Trinajstić information content (AvgIpc) is 3.10. The number of hydrogen-bond acceptors (Lipinski definition) is 5. The largest absolute Gasteiger partial charge is 0.497 e. The molecule has 1 aromatic carbocycles. The topological polar surface area (TPSA) is 65.8 Å². The number of carbonyl (C=O) groups excluding carboxylic acids is 1. The third-order valence-electron chi connectivity index (χ3n) is 4.85. The molecule has 0 aromatic heterocycles. The number of rotatable bonds is 3. The van der Waals surface area contributed by atoms with E-state index in [2.05, 4.69) is 11.0 Å². The highest BCUT2D eigenvalue weighted by molar-refractivity contribution is 5.70. The summed E-state index contributed by atoms with van der Waals surface area (Å²) in [7, 11) is 1.64. The first-order valence-corrected chi connectivity index (χ1v) is 8.55. The molecule has 2 saturated heterocycles. The Bertz CT molecular complexity index is 689. The summed E-state index contributed by atoms with van der Waals surface area (Å²) in [6.07, 6.45) is 0.359. The number of carbonyl (C=O) groups is 1. The first-order valence-electron chi connectivity index (χ1n) is 8.55. The SMILES string of the molecule is COc1ccc(CN2C[C@@H]3CC2(C#N)CN3C(=O)OC(C)(C)C)cc1. The summed E-state index contributed by atoms with van der Waals surface area (Å²) in [5, 5.41) is 9.82. The Morgan fingerprint density at radius 3 is 2.60 bits per heavy atom. The minimum atomic E-state index is -0.624. The standard InChI is InChI=1S/C19H25N3O3/c1-18(2,3)25-17(23)22-13-19(12-20)9-15(22)11-21(19)10-14-5-7-16(24-4)8-6-14/h5-8,15H,9-11,13H2,1-4H3/t15-,19?/m0/s1. The second kappa shape index (κ2) is 6.23. The summed E-state index contributed by atoms with van der Waals surface area (Å²) >= 11 is 0. The summed E-state index contributed by atoms with van der Waals surface area (Å²) in [5.74, 6) is 0.817. The first kappa shape index (κ1) is 17.6. The maximum atomic E-state index is 12.4. The zero-order valence-electron chi connectivity index (χ0n) is 15.3. The molecule has 2 aliphatic heterocycles. The molecule has 134 valence electrons. The molecule has 0 saturated carbocycles. The van der Waals surface area contributed by atoms with Gasteiger partial charge in [-0.05, 0) is 38.5 Å². The van der Waals surface area contributed by atoms with Gasteiger partial charge in [-0.15, -0.1) is 0 Å². The van der Waals surface area contributed by atoms with E-state index in [1.807, 2.05) is 45.0 Å². The highest BCUT2D eigenvalue weighted by atomic mass is 16.6. The molecule has 2 atom stereocenters. The number of ether oxygens (including phenoxy) is 2. The van der Waals surface area contributed by atoms with Crippen molar-refractivity contribution in [2.24, 2.45) is 0 Å². The van der Waals surface area contributed by atoms with Crippen molar-refractivity contribution in [3.63, 3.8) is 0 Å². The molecule has 0 N–H and O–H groups in total. The van der Waals surface area contributed by atoms with Crippen molar-refractivity contribution in [2.75, 3.05) is 20.2 Å². The number of nitrogens with zero attached hydrogens (tertiary/aromatic N) is 3. The molecule has 3 rings (SSSR count). The van der Waals surface area contributed by atoms with Crippen LogP contribution in [-0.2, 0) is 11.3 Å². The third-order valence-corrected chi connectivity index (χ3v) is 4.85. The van der Waals surface area contributed by atoms with Crippen molar-refractivity contribution in [3.8, 4) is 11.8 Å². The van der Waals surface area contributed by atoms with Gasteiger partial charge in [-0.3, -0.25) is 4.90 Å². The second-order valence-corrected chi connectivity index (χ2v) is 7.84. The van der Waals surface area contributed by atoms with Crippen LogP contribution in [0.2, 0.25) is 0 Å². The van der Waals surface area contributed by atoms with Crippen LogP contribution in [0.4, 0.5) is 4.79 Å². The van der Waals surface area contributed by atoms with Crippen LogP contribution in [0.3, 0.4) is 0 Å². The Balaban J connectivity index is 1.70. The van der Waals surface area contributed by atoms with Gasteiger partial charge in [-0.2, -0.15) is 5.26 Å². The van der Waals surface area contributed by atoms with Gasteiger partial charge in [-0.1, -0.05) is 12.1 Å². The Morgan fingerprint density at radius 2 is 2.04 bits per heavy atom. The van der Waals surface area contributed by atoms with Gasteiger partial charge in [0.05, 0.1) is 25.8 Å². The highest BCUT2D eigenvalue weighted by Gasteiger charge is 2.57. The molecular weight excluding hydrogens is 318 g/mol. The van der Waals surface area contributed by atoms with E-state index in [1.54, 1.807) is 12.0 Å². The lowest BCUT2D eigenvalue weighted by atomic mass is 10.0. The number of benzene rings is 1. The van der Waals surface area contributed by atoms with Crippen LogP contribution in [0, 0.1) is 11.3 Å². The summed E-state index contributed by atoms with van der Waals surface area (Å²) in [5.41, 5.74) is -0.0185. The predicted molar refractivity (Wildman–Crippen MR) is 93.1 cm³/mol. The second-order valence-electron chi connectivity index (χ2n) is 7.84. The molecule has 1 unspecified atom stereocenters. The molecule has 1 aromatic rings. The van der Waals surface area contributed by atoms with Gasteiger partial charge in [0.25, 0.3) is 0 Å². The van der Waals surface area contributed by atoms with Gasteiger partial charge in [-0.25, -0.2) is 4.79 Å². The fraction of sp³-hybridized carbons (Fsp3) is 0.579. The predicted octanol–water partition coefficient (Wildman–Crippen LogP) is 2.78. The summed E-state index contributed by atoms with van der Waals surface area (Å²) in [6.45, 7) is 7.36. The maximum absolute atomic E-state index is 12.4. The van der Waals surface area contributed by atoms with E-state index in [4.69, 9.17) is 9.47 Å². The number of amides is 1. The molecule has 2 heterocycles. The Kier molecular flexibility index (Phi) is 4.38. The van der Waals surface area contributed by atoms with E-state index < -0.39 is 11.1 Å². The summed E-state index contributed by atoms with van der Waals surface area (Å²) in [6, 6.07) is 10.4. The van der Waals surface area contributed by atoms with E-state index in [1.165, 1.54) is 0 Å². The molecule has 1 amide bonds. The van der Waals surface area contributed by atoms with Crippen molar-refractivity contribution in [1.82, 2.24) is 9.80 Å². The van der Waals surface area contributed by atoms with Crippen LogP contribution in [0.25, 0.3) is 0 Å². The van der Waals surface area contributed by atoms with Gasteiger partial charge >= 0.3 is 6.09 Å². The van der Waals surface area contributed by atoms with Crippen molar-refractivity contribution < 1.29 is 14.3 Å². The van der Waals surface area contributed by atoms with E-state index in [-0.39, 0.29) is 12.1 Å². The van der Waals surface area contributed by atoms with Crippen LogP contribution in [-0.4, -0.2) is 53.3 Å². The number of likely N-dealkylation sites (tertiary alicyclic amines) is 2. The molecule has 6 nitrogen and oxygen atoms in total. The summed E-state index contributed by atoms with van der Waals surface area (Å²) in [4.78, 5) is 16.3. The van der Waals surface area contributed by atoms with E-state index in [9.17, 15) is 10.1 Å². The normalized spacial score (nSPS) is 25.7. The Labute approximate surface area is 148 Å². The Hall–Kier alpha value is -2.26. The molecule has 0 spiro atoms. The molecule has 25 heavy (non-hydrogen) atoms. The van der Waals surface area contributed by atoms with Gasteiger partial charge in [0.2, 0.25) is 0 Å². The van der Waals surface area contributed by atoms with Gasteiger partial charge in [0.1, 0.15) is 16.9 Å². The fourth-order valence-electron chi connectivity index (χ4n) is 3.65. The quantitative estimate of drug-likeness (QED) is 0.844. The molecule has 2 fully saturated rings. The van der Waals surface area contributed by atoms with Gasteiger partial charge < -0.3 is 14.4 Å². The Morgan fingerprint density at radius 1 is 1.36 bits per heavy atom. The van der Waals surface area contributed by atoms with Crippen molar-refractivity contribution >= 4 is 6.09 Å². The highest BCUT2D eigenvalue weighted by Crippen LogP contribution is 2.41. The molecule has 2 aliphatic rings. The zero-order valence-corrected chi connectivity index (χ0v) is 15.3.